The molecule has 0 heterocycles. The highest BCUT2D eigenvalue weighted by Crippen LogP contribution is 2.20. The Labute approximate surface area is 119 Å². The number of nitrogens with one attached hydrogen (secondary N) is 1. The number of halogens is 3. The van der Waals surface area contributed by atoms with Crippen LogP contribution in [0.25, 0.3) is 0 Å². The number of carbonyl (C=O) groups excluding carboxylic acids is 1. The first-order valence-electron chi connectivity index (χ1n) is 6.15. The predicted octanol–water partition coefficient (Wildman–Crippen LogP) is 2.58. The van der Waals surface area contributed by atoms with Crippen molar-refractivity contribution in [3.8, 4) is 0 Å². The van der Waals surface area contributed by atoms with E-state index in [1.807, 2.05) is 35.8 Å². The average molecular weight is 304 g/mol. The van der Waals surface area contributed by atoms with Crippen LogP contribution in [0.15, 0.2) is 35.5 Å². The average Bonchev–Trinajstić information content (AvgIpc) is 2.43. The van der Waals surface area contributed by atoms with Crippen LogP contribution in [-0.2, 0) is 21.1 Å². The molecule has 1 aromatic rings. The van der Waals surface area contributed by atoms with Crippen LogP contribution in [0.3, 0.4) is 0 Å². The summed E-state index contributed by atoms with van der Waals surface area (Å²) in [5, 5.41) is 3.41. The fourth-order valence-electron chi connectivity index (χ4n) is 1.26. The SMILES string of the molecule is O=C(/C=N/OCc1ccccc1)NOCCCC(F)(F)F. The lowest BCUT2D eigenvalue weighted by molar-refractivity contribution is -0.141. The van der Waals surface area contributed by atoms with Crippen LogP contribution >= 0.6 is 0 Å². The van der Waals surface area contributed by atoms with E-state index in [0.717, 1.165) is 11.8 Å². The number of rotatable bonds is 8. The number of hydroxylamine groups is 1. The number of benzene rings is 1. The monoisotopic (exact) mass is 304 g/mol. The van der Waals surface area contributed by atoms with Crippen LogP contribution in [0.1, 0.15) is 18.4 Å². The summed E-state index contributed by atoms with van der Waals surface area (Å²) < 4.78 is 35.4. The smallest absolute Gasteiger partial charge is 0.389 e. The summed E-state index contributed by atoms with van der Waals surface area (Å²) in [6.45, 7) is -0.0268. The fourth-order valence-corrected chi connectivity index (χ4v) is 1.26. The van der Waals surface area contributed by atoms with Gasteiger partial charge >= 0.3 is 6.18 Å². The van der Waals surface area contributed by atoms with E-state index in [1.54, 1.807) is 0 Å². The molecular weight excluding hydrogens is 289 g/mol. The summed E-state index contributed by atoms with van der Waals surface area (Å²) in [4.78, 5) is 20.6. The Kier molecular flexibility index (Phi) is 7.24. The molecule has 1 rings (SSSR count). The lowest BCUT2D eigenvalue weighted by Gasteiger charge is -2.06. The second-order valence-electron chi connectivity index (χ2n) is 4.03. The van der Waals surface area contributed by atoms with Gasteiger partial charge in [0.15, 0.2) is 0 Å². The van der Waals surface area contributed by atoms with E-state index in [9.17, 15) is 18.0 Å². The van der Waals surface area contributed by atoms with E-state index >= 15 is 0 Å². The van der Waals surface area contributed by atoms with Crippen molar-refractivity contribution in [2.24, 2.45) is 5.16 Å². The van der Waals surface area contributed by atoms with E-state index in [2.05, 4.69) is 9.99 Å². The molecule has 8 heteroatoms. The standard InChI is InChI=1S/C13H15F3N2O3/c14-13(15,16)7-4-8-20-18-12(19)9-17-21-10-11-5-2-1-3-6-11/h1-3,5-6,9H,4,7-8,10H2,(H,18,19)/b17-9+. The van der Waals surface area contributed by atoms with Crippen molar-refractivity contribution in [2.75, 3.05) is 6.61 Å². The largest absolute Gasteiger partial charge is 0.391 e. The number of nitrogens with zero attached hydrogens (tertiary/aromatic N) is 1. The van der Waals surface area contributed by atoms with E-state index in [0.29, 0.717) is 0 Å². The zero-order chi connectivity index (χ0) is 15.6. The normalized spacial score (nSPS) is 11.6. The fraction of sp³-hybridized carbons (Fsp3) is 0.385. The minimum absolute atomic E-state index is 0.205. The molecule has 0 saturated carbocycles. The van der Waals surface area contributed by atoms with E-state index in [4.69, 9.17) is 4.84 Å². The van der Waals surface area contributed by atoms with Gasteiger partial charge in [-0.05, 0) is 12.0 Å². The Balaban J connectivity index is 2.06. The maximum Gasteiger partial charge on any atom is 0.389 e. The molecule has 1 aromatic carbocycles. The van der Waals surface area contributed by atoms with Gasteiger partial charge in [-0.25, -0.2) is 5.48 Å². The molecule has 1 N–H and O–H groups in total. The van der Waals surface area contributed by atoms with Crippen molar-refractivity contribution in [2.45, 2.75) is 25.6 Å². The summed E-state index contributed by atoms with van der Waals surface area (Å²) in [7, 11) is 0. The topological polar surface area (TPSA) is 59.9 Å². The van der Waals surface area contributed by atoms with Crippen molar-refractivity contribution in [1.29, 1.82) is 0 Å². The molecular formula is C13H15F3N2O3. The number of hydrogen-bond acceptors (Lipinski definition) is 4. The first-order chi connectivity index (χ1) is 9.97. The van der Waals surface area contributed by atoms with Gasteiger partial charge in [0.05, 0.1) is 6.61 Å². The number of amides is 1. The molecule has 0 aliphatic carbocycles. The molecule has 0 aliphatic heterocycles. The minimum Gasteiger partial charge on any atom is -0.391 e. The first kappa shape index (κ1) is 17.0. The third kappa shape index (κ3) is 9.44. The number of carbonyl (C=O) groups is 1. The Hall–Kier alpha value is -2.09. The first-order valence-corrected chi connectivity index (χ1v) is 6.15. The predicted molar refractivity (Wildman–Crippen MR) is 69.1 cm³/mol. The summed E-state index contributed by atoms with van der Waals surface area (Å²) in [5.74, 6) is -0.713. The Morgan fingerprint density at radius 3 is 2.67 bits per heavy atom. The Bertz CT molecular complexity index is 450. The van der Waals surface area contributed by atoms with Crippen LogP contribution in [0.4, 0.5) is 13.2 Å². The van der Waals surface area contributed by atoms with Gasteiger partial charge in [-0.2, -0.15) is 13.2 Å². The van der Waals surface area contributed by atoms with Gasteiger partial charge in [0.2, 0.25) is 0 Å². The van der Waals surface area contributed by atoms with E-state index in [-0.39, 0.29) is 19.6 Å². The second-order valence-corrected chi connectivity index (χ2v) is 4.03. The van der Waals surface area contributed by atoms with Crippen molar-refractivity contribution < 1.29 is 27.6 Å². The highest BCUT2D eigenvalue weighted by Gasteiger charge is 2.25. The Morgan fingerprint density at radius 1 is 1.29 bits per heavy atom. The molecule has 0 radical (unpaired) electrons. The molecule has 0 fully saturated rings. The van der Waals surface area contributed by atoms with Crippen molar-refractivity contribution in [3.63, 3.8) is 0 Å². The van der Waals surface area contributed by atoms with Crippen molar-refractivity contribution in [1.82, 2.24) is 5.48 Å². The molecule has 0 aliphatic rings. The molecule has 0 atom stereocenters. The zero-order valence-corrected chi connectivity index (χ0v) is 11.1. The molecule has 0 spiro atoms. The number of oxime groups is 1. The maximum atomic E-state index is 11.8. The molecule has 0 unspecified atom stereocenters. The third-order valence-corrected chi connectivity index (χ3v) is 2.20. The van der Waals surface area contributed by atoms with Crippen LogP contribution in [0.2, 0.25) is 0 Å². The summed E-state index contributed by atoms with van der Waals surface area (Å²) >= 11 is 0. The number of alkyl halides is 3. The van der Waals surface area contributed by atoms with Crippen molar-refractivity contribution in [3.05, 3.63) is 35.9 Å². The van der Waals surface area contributed by atoms with Crippen LogP contribution < -0.4 is 5.48 Å². The molecule has 1 amide bonds. The van der Waals surface area contributed by atoms with Crippen LogP contribution in [0, 0.1) is 0 Å². The van der Waals surface area contributed by atoms with Gasteiger partial charge in [-0.15, -0.1) is 0 Å². The molecule has 0 saturated heterocycles. The van der Waals surface area contributed by atoms with E-state index in [1.165, 1.54) is 0 Å². The van der Waals surface area contributed by atoms with Crippen molar-refractivity contribution >= 4 is 12.1 Å². The zero-order valence-electron chi connectivity index (χ0n) is 11.1. The van der Waals surface area contributed by atoms with Gasteiger partial charge < -0.3 is 4.84 Å². The Morgan fingerprint density at radius 2 is 2.00 bits per heavy atom. The quantitative estimate of drug-likeness (QED) is 0.456. The van der Waals surface area contributed by atoms with Crippen LogP contribution in [0.5, 0.6) is 0 Å². The summed E-state index contributed by atoms with van der Waals surface area (Å²) in [6.07, 6.45) is -4.57. The lowest BCUT2D eigenvalue weighted by atomic mass is 10.2. The second kappa shape index (κ2) is 8.96. The van der Waals surface area contributed by atoms with Gasteiger partial charge in [0.25, 0.3) is 5.91 Å². The molecule has 0 bridgehead atoms. The number of hydrogen-bond donors (Lipinski definition) is 1. The summed E-state index contributed by atoms with van der Waals surface area (Å²) in [6, 6.07) is 9.20. The minimum atomic E-state index is -4.22. The lowest BCUT2D eigenvalue weighted by Crippen LogP contribution is -2.25. The van der Waals surface area contributed by atoms with Crippen LogP contribution in [-0.4, -0.2) is 24.9 Å². The highest BCUT2D eigenvalue weighted by atomic mass is 19.4. The third-order valence-electron chi connectivity index (χ3n) is 2.20. The van der Waals surface area contributed by atoms with Gasteiger partial charge in [-0.3, -0.25) is 9.63 Å². The summed E-state index contributed by atoms with van der Waals surface area (Å²) in [5.41, 5.74) is 2.82. The molecule has 0 aromatic heterocycles. The molecule has 116 valence electrons. The van der Waals surface area contributed by atoms with Gasteiger partial charge in [0, 0.05) is 6.42 Å². The molecule has 21 heavy (non-hydrogen) atoms. The van der Waals surface area contributed by atoms with E-state index < -0.39 is 18.5 Å². The van der Waals surface area contributed by atoms with Gasteiger partial charge in [-0.1, -0.05) is 35.5 Å². The maximum absolute atomic E-state index is 11.8. The molecule has 5 nitrogen and oxygen atoms in total. The highest BCUT2D eigenvalue weighted by molar-refractivity contribution is 6.25. The van der Waals surface area contributed by atoms with Gasteiger partial charge in [0.1, 0.15) is 12.8 Å².